The molecule has 1 aliphatic rings. The molecular weight excluding hydrogens is 444 g/mol. The monoisotopic (exact) mass is 462 g/mol. The van der Waals surface area contributed by atoms with Crippen LogP contribution in [0.5, 0.6) is 5.75 Å². The van der Waals surface area contributed by atoms with E-state index in [1.165, 1.54) is 0 Å². The summed E-state index contributed by atoms with van der Waals surface area (Å²) in [5, 5.41) is 9.97. The summed E-state index contributed by atoms with van der Waals surface area (Å²) in [5.74, 6) is 2.20. The molecule has 0 saturated heterocycles. The van der Waals surface area contributed by atoms with Gasteiger partial charge in [0.15, 0.2) is 5.75 Å². The number of aromatic nitrogens is 3. The molecule has 2 aromatic heterocycles. The summed E-state index contributed by atoms with van der Waals surface area (Å²) in [4.78, 5) is 14.7. The Morgan fingerprint density at radius 2 is 2.17 bits per heavy atom. The van der Waals surface area contributed by atoms with Gasteiger partial charge in [-0.25, -0.2) is 9.97 Å². The van der Waals surface area contributed by atoms with Crippen molar-refractivity contribution in [1.29, 1.82) is 0 Å². The number of halogens is 1. The third kappa shape index (κ3) is 3.16. The Kier molecular flexibility index (Phi) is 4.77. The number of aliphatic hydroxyl groups excluding tert-OH is 1. The minimum atomic E-state index is -0.235. The van der Waals surface area contributed by atoms with Crippen LogP contribution in [0, 0.1) is 0 Å². The molecule has 4 aromatic rings. The third-order valence-corrected chi connectivity index (χ3v) is 5.70. The first-order valence-corrected chi connectivity index (χ1v) is 10.4. The van der Waals surface area contributed by atoms with E-state index in [4.69, 9.17) is 9.72 Å². The number of imidazole rings is 1. The molecule has 2 aromatic carbocycles. The molecule has 0 saturated carbocycles. The molecule has 1 unspecified atom stereocenters. The molecule has 0 spiro atoms. The van der Waals surface area contributed by atoms with Gasteiger partial charge in [-0.1, -0.05) is 34.7 Å². The van der Waals surface area contributed by atoms with Crippen LogP contribution in [-0.2, 0) is 0 Å². The van der Waals surface area contributed by atoms with Gasteiger partial charge in [-0.2, -0.15) is 0 Å². The number of fused-ring (bicyclic) bond motifs is 2. The highest BCUT2D eigenvalue weighted by Gasteiger charge is 2.31. The number of hydrogen-bond donors (Lipinski definition) is 2. The van der Waals surface area contributed by atoms with E-state index in [2.05, 4.69) is 32.5 Å². The largest absolute Gasteiger partial charge is 0.488 e. The van der Waals surface area contributed by atoms with Crippen LogP contribution >= 0.6 is 15.9 Å². The summed E-state index contributed by atoms with van der Waals surface area (Å²) in [6, 6.07) is 15.5. The highest BCUT2D eigenvalue weighted by Crippen LogP contribution is 2.44. The van der Waals surface area contributed by atoms with Crippen LogP contribution in [0.3, 0.4) is 0 Å². The minimum Gasteiger partial charge on any atom is -0.488 e. The van der Waals surface area contributed by atoms with Gasteiger partial charge in [0.1, 0.15) is 18.2 Å². The minimum absolute atomic E-state index is 0.0484. The van der Waals surface area contributed by atoms with Crippen molar-refractivity contribution in [3.63, 3.8) is 0 Å². The second-order valence-electron chi connectivity index (χ2n) is 7.07. The van der Waals surface area contributed by atoms with Gasteiger partial charge < -0.3 is 19.7 Å². The van der Waals surface area contributed by atoms with Crippen LogP contribution in [0.1, 0.15) is 5.56 Å². The van der Waals surface area contributed by atoms with Crippen molar-refractivity contribution in [2.75, 3.05) is 18.1 Å². The molecule has 30 heavy (non-hydrogen) atoms. The summed E-state index contributed by atoms with van der Waals surface area (Å²) in [6.07, 6.45) is 3.53. The number of rotatable bonds is 4. The molecule has 2 N–H and O–H groups in total. The molecule has 0 bridgehead atoms. The number of benzene rings is 2. The molecule has 5 rings (SSSR count). The van der Waals surface area contributed by atoms with Gasteiger partial charge >= 0.3 is 0 Å². The Morgan fingerprint density at radius 1 is 1.27 bits per heavy atom. The number of anilines is 2. The lowest BCUT2D eigenvalue weighted by atomic mass is 10.1. The Labute approximate surface area is 182 Å². The lowest BCUT2D eigenvalue weighted by Gasteiger charge is -2.37. The highest BCUT2D eigenvalue weighted by atomic mass is 79.9. The normalized spacial score (nSPS) is 15.7. The fraction of sp³-hybridized carbons (Fsp3) is 0.130. The first-order chi connectivity index (χ1) is 14.7. The van der Waals surface area contributed by atoms with Gasteiger partial charge in [0.25, 0.3) is 0 Å². The maximum atomic E-state index is 9.97. The number of H-pyrrole nitrogens is 1. The van der Waals surface area contributed by atoms with E-state index in [1.807, 2.05) is 53.4 Å². The topological polar surface area (TPSA) is 74.3 Å². The lowest BCUT2D eigenvalue weighted by Crippen LogP contribution is -2.43. The molecule has 0 fully saturated rings. The van der Waals surface area contributed by atoms with Gasteiger partial charge in [0.05, 0.1) is 34.9 Å². The van der Waals surface area contributed by atoms with E-state index in [1.54, 1.807) is 12.3 Å². The lowest BCUT2D eigenvalue weighted by molar-refractivity contribution is 0.195. The number of nitrogens with zero attached hydrogens (tertiary/aromatic N) is 3. The molecular formula is C23H19BrN4O2. The van der Waals surface area contributed by atoms with Gasteiger partial charge in [0.2, 0.25) is 0 Å². The summed E-state index contributed by atoms with van der Waals surface area (Å²) >= 11 is 3.50. The number of nitrogens with one attached hydrogen (secondary N) is 1. The summed E-state index contributed by atoms with van der Waals surface area (Å²) in [6.45, 7) is 4.08. The van der Waals surface area contributed by atoms with Crippen molar-refractivity contribution in [1.82, 2.24) is 15.0 Å². The highest BCUT2D eigenvalue weighted by molar-refractivity contribution is 9.10. The summed E-state index contributed by atoms with van der Waals surface area (Å²) in [7, 11) is 0. The second kappa shape index (κ2) is 7.59. The Hall–Kier alpha value is -3.16. The van der Waals surface area contributed by atoms with Crippen LogP contribution in [-0.4, -0.2) is 39.3 Å². The third-order valence-electron chi connectivity index (χ3n) is 5.20. The number of aliphatic hydroxyl groups is 1. The van der Waals surface area contributed by atoms with Crippen molar-refractivity contribution < 1.29 is 9.84 Å². The van der Waals surface area contributed by atoms with E-state index in [-0.39, 0.29) is 12.6 Å². The number of para-hydroxylation sites is 1. The molecule has 0 amide bonds. The SMILES string of the molecule is C=Cc1ccc(N2c3cccc(-c4nc5ccc(Br)cc5[nH]4)c3OCC2CO)nc1. The maximum absolute atomic E-state index is 9.97. The van der Waals surface area contributed by atoms with Crippen molar-refractivity contribution in [3.8, 4) is 17.1 Å². The van der Waals surface area contributed by atoms with Gasteiger partial charge in [-0.05, 0) is 48.0 Å². The van der Waals surface area contributed by atoms with E-state index in [9.17, 15) is 5.11 Å². The molecule has 0 radical (unpaired) electrons. The Morgan fingerprint density at radius 3 is 2.93 bits per heavy atom. The molecule has 3 heterocycles. The standard InChI is InChI=1S/C23H19BrN4O2/c1-2-14-6-9-21(25-11-14)28-16(12-29)13-30-22-17(4-3-5-20(22)28)23-26-18-8-7-15(24)10-19(18)27-23/h2-11,16,29H,1,12-13H2,(H,26,27). The number of ether oxygens (including phenoxy) is 1. The van der Waals surface area contributed by atoms with Crippen molar-refractivity contribution in [2.45, 2.75) is 6.04 Å². The van der Waals surface area contributed by atoms with Gasteiger partial charge in [-0.15, -0.1) is 0 Å². The average molecular weight is 463 g/mol. The van der Waals surface area contributed by atoms with Gasteiger partial charge in [-0.3, -0.25) is 0 Å². The van der Waals surface area contributed by atoms with Crippen molar-refractivity contribution in [2.24, 2.45) is 0 Å². The Balaban J connectivity index is 1.64. The van der Waals surface area contributed by atoms with E-state index >= 15 is 0 Å². The average Bonchev–Trinajstić information content (AvgIpc) is 3.21. The predicted octanol–water partition coefficient (Wildman–Crippen LogP) is 4.92. The zero-order chi connectivity index (χ0) is 20.7. The van der Waals surface area contributed by atoms with Crippen LogP contribution < -0.4 is 9.64 Å². The Bertz CT molecular complexity index is 1240. The molecule has 1 aliphatic heterocycles. The summed E-state index contributed by atoms with van der Waals surface area (Å²) < 4.78 is 7.10. The fourth-order valence-electron chi connectivity index (χ4n) is 3.72. The van der Waals surface area contributed by atoms with Crippen LogP contribution in [0.15, 0.2) is 65.8 Å². The quantitative estimate of drug-likeness (QED) is 0.450. The first-order valence-electron chi connectivity index (χ1n) is 9.58. The van der Waals surface area contributed by atoms with E-state index < -0.39 is 0 Å². The molecule has 150 valence electrons. The van der Waals surface area contributed by atoms with Gasteiger partial charge in [0, 0.05) is 10.7 Å². The van der Waals surface area contributed by atoms with Crippen molar-refractivity contribution >= 4 is 44.5 Å². The summed E-state index contributed by atoms with van der Waals surface area (Å²) in [5.41, 5.74) is 4.48. The van der Waals surface area contributed by atoms with Crippen LogP contribution in [0.25, 0.3) is 28.5 Å². The zero-order valence-corrected chi connectivity index (χ0v) is 17.6. The van der Waals surface area contributed by atoms with Crippen molar-refractivity contribution in [3.05, 3.63) is 71.3 Å². The predicted molar refractivity (Wildman–Crippen MR) is 122 cm³/mol. The molecule has 1 atom stereocenters. The number of pyridine rings is 1. The second-order valence-corrected chi connectivity index (χ2v) is 7.99. The molecule has 0 aliphatic carbocycles. The fourth-order valence-corrected chi connectivity index (χ4v) is 4.08. The van der Waals surface area contributed by atoms with E-state index in [0.29, 0.717) is 6.61 Å². The maximum Gasteiger partial charge on any atom is 0.154 e. The zero-order valence-electron chi connectivity index (χ0n) is 16.0. The molecule has 6 nitrogen and oxygen atoms in total. The number of hydrogen-bond acceptors (Lipinski definition) is 5. The van der Waals surface area contributed by atoms with Crippen LogP contribution in [0.2, 0.25) is 0 Å². The first kappa shape index (κ1) is 18.8. The van der Waals surface area contributed by atoms with E-state index in [0.717, 1.165) is 49.7 Å². The van der Waals surface area contributed by atoms with Crippen LogP contribution in [0.4, 0.5) is 11.5 Å². The smallest absolute Gasteiger partial charge is 0.154 e. The number of aromatic amines is 1. The molecule has 7 heteroatoms.